The highest BCUT2D eigenvalue weighted by Crippen LogP contribution is 2.40. The number of hydrogen-bond acceptors (Lipinski definition) is 4. The van der Waals surface area contributed by atoms with E-state index < -0.39 is 11.8 Å². The number of carbonyl (C=O) groups excluding carboxylic acids is 1. The molecule has 3 aromatic rings. The number of carbonyl (C=O) groups is 1. The third-order valence-corrected chi connectivity index (χ3v) is 3.93. The maximum Gasteiger partial charge on any atom is 0.281 e. The van der Waals surface area contributed by atoms with Gasteiger partial charge in [0.05, 0.1) is 0 Å². The SMILES string of the molecule is Cc1oc(F)c(C)c1-c1c(-c2ccc(O)cc2F)nn(C)c1C=O. The van der Waals surface area contributed by atoms with Crippen LogP contribution in [0.1, 0.15) is 21.8 Å². The van der Waals surface area contributed by atoms with Crippen LogP contribution in [0.3, 0.4) is 0 Å². The first-order chi connectivity index (χ1) is 11.3. The van der Waals surface area contributed by atoms with E-state index in [-0.39, 0.29) is 34.0 Å². The molecule has 2 heterocycles. The van der Waals surface area contributed by atoms with Gasteiger partial charge in [-0.25, -0.2) is 4.39 Å². The molecule has 24 heavy (non-hydrogen) atoms. The molecule has 1 aromatic carbocycles. The fourth-order valence-corrected chi connectivity index (χ4v) is 2.79. The summed E-state index contributed by atoms with van der Waals surface area (Å²) < 4.78 is 34.4. The summed E-state index contributed by atoms with van der Waals surface area (Å²) >= 11 is 0. The standard InChI is InChI=1S/C17H14F2N2O3/c1-8-14(9(2)24-17(8)19)15-13(7-22)21(3)20-16(15)11-5-4-10(23)6-12(11)18/h4-7,23H,1-3H3. The van der Waals surface area contributed by atoms with Gasteiger partial charge in [-0.05, 0) is 26.0 Å². The lowest BCUT2D eigenvalue weighted by atomic mass is 9.96. The first-order valence-corrected chi connectivity index (χ1v) is 7.12. The van der Waals surface area contributed by atoms with Gasteiger partial charge in [0.25, 0.3) is 6.01 Å². The van der Waals surface area contributed by atoms with Crippen molar-refractivity contribution in [3.63, 3.8) is 0 Å². The third-order valence-electron chi connectivity index (χ3n) is 3.93. The van der Waals surface area contributed by atoms with Crippen molar-refractivity contribution in [2.24, 2.45) is 7.05 Å². The number of aromatic nitrogens is 2. The van der Waals surface area contributed by atoms with Crippen molar-refractivity contribution in [3.05, 3.63) is 47.0 Å². The predicted molar refractivity (Wildman–Crippen MR) is 82.8 cm³/mol. The maximum atomic E-state index is 14.3. The highest BCUT2D eigenvalue weighted by molar-refractivity contribution is 5.95. The molecule has 2 aromatic heterocycles. The zero-order chi connectivity index (χ0) is 17.6. The molecule has 3 rings (SSSR count). The number of nitrogens with zero attached hydrogens (tertiary/aromatic N) is 2. The molecular weight excluding hydrogens is 318 g/mol. The largest absolute Gasteiger partial charge is 0.508 e. The Morgan fingerprint density at radius 2 is 1.96 bits per heavy atom. The van der Waals surface area contributed by atoms with Crippen molar-refractivity contribution in [3.8, 4) is 28.1 Å². The van der Waals surface area contributed by atoms with Gasteiger partial charge >= 0.3 is 0 Å². The first-order valence-electron chi connectivity index (χ1n) is 7.12. The number of aryl methyl sites for hydroxylation is 2. The van der Waals surface area contributed by atoms with E-state index in [4.69, 9.17) is 4.42 Å². The topological polar surface area (TPSA) is 68.3 Å². The van der Waals surface area contributed by atoms with Gasteiger partial charge in [0.15, 0.2) is 6.29 Å². The Morgan fingerprint density at radius 3 is 2.50 bits per heavy atom. The molecule has 0 atom stereocenters. The van der Waals surface area contributed by atoms with Crippen molar-refractivity contribution >= 4 is 6.29 Å². The number of benzene rings is 1. The van der Waals surface area contributed by atoms with E-state index in [2.05, 4.69) is 5.10 Å². The van der Waals surface area contributed by atoms with Gasteiger partial charge in [-0.2, -0.15) is 9.49 Å². The normalized spacial score (nSPS) is 11.0. The van der Waals surface area contributed by atoms with Gasteiger partial charge in [-0.3, -0.25) is 9.48 Å². The molecule has 0 amide bonds. The predicted octanol–water partition coefficient (Wildman–Crippen LogP) is 3.76. The van der Waals surface area contributed by atoms with Gasteiger partial charge in [0.1, 0.15) is 28.7 Å². The van der Waals surface area contributed by atoms with Crippen LogP contribution < -0.4 is 0 Å². The Bertz CT molecular complexity index is 957. The van der Waals surface area contributed by atoms with Crippen molar-refractivity contribution in [2.75, 3.05) is 0 Å². The fraction of sp³-hybridized carbons (Fsp3) is 0.176. The van der Waals surface area contributed by atoms with Gasteiger partial charge in [0.2, 0.25) is 0 Å². The number of halogens is 2. The minimum Gasteiger partial charge on any atom is -0.508 e. The minimum absolute atomic E-state index is 0.0897. The maximum absolute atomic E-state index is 14.3. The molecule has 0 fully saturated rings. The summed E-state index contributed by atoms with van der Waals surface area (Å²) in [4.78, 5) is 11.5. The Kier molecular flexibility index (Phi) is 3.71. The second-order valence-corrected chi connectivity index (χ2v) is 5.45. The monoisotopic (exact) mass is 332 g/mol. The smallest absolute Gasteiger partial charge is 0.281 e. The molecular formula is C17H14F2N2O3. The average Bonchev–Trinajstić information content (AvgIpc) is 2.95. The number of rotatable bonds is 3. The Hall–Kier alpha value is -2.96. The lowest BCUT2D eigenvalue weighted by Crippen LogP contribution is -1.97. The van der Waals surface area contributed by atoms with Crippen molar-refractivity contribution in [1.29, 1.82) is 0 Å². The zero-order valence-electron chi connectivity index (χ0n) is 13.2. The number of phenolic OH excluding ortho intramolecular Hbond substituents is 1. The number of furan rings is 1. The summed E-state index contributed by atoms with van der Waals surface area (Å²) in [5.74, 6) is -0.668. The average molecular weight is 332 g/mol. The van der Waals surface area contributed by atoms with E-state index >= 15 is 0 Å². The molecule has 5 nitrogen and oxygen atoms in total. The van der Waals surface area contributed by atoms with Gasteiger partial charge < -0.3 is 9.52 Å². The first kappa shape index (κ1) is 15.9. The van der Waals surface area contributed by atoms with Crippen LogP contribution in [0.15, 0.2) is 22.6 Å². The number of hydrogen-bond donors (Lipinski definition) is 1. The number of aldehydes is 1. The highest BCUT2D eigenvalue weighted by Gasteiger charge is 2.27. The van der Waals surface area contributed by atoms with Crippen molar-refractivity contribution in [1.82, 2.24) is 9.78 Å². The molecule has 0 aliphatic heterocycles. The second kappa shape index (κ2) is 5.59. The van der Waals surface area contributed by atoms with Crippen LogP contribution in [0.5, 0.6) is 5.75 Å². The molecule has 0 spiro atoms. The van der Waals surface area contributed by atoms with E-state index in [0.29, 0.717) is 17.4 Å². The Balaban J connectivity index is 2.39. The van der Waals surface area contributed by atoms with E-state index in [9.17, 15) is 18.7 Å². The molecule has 0 bridgehead atoms. The molecule has 0 radical (unpaired) electrons. The summed E-state index contributed by atoms with van der Waals surface area (Å²) in [6, 6.07) is 2.85. The van der Waals surface area contributed by atoms with Crippen LogP contribution in [0.25, 0.3) is 22.4 Å². The molecule has 0 saturated heterocycles. The lowest BCUT2D eigenvalue weighted by Gasteiger charge is -2.06. The summed E-state index contributed by atoms with van der Waals surface area (Å²) in [7, 11) is 1.54. The molecule has 7 heteroatoms. The number of phenols is 1. The van der Waals surface area contributed by atoms with Gasteiger partial charge in [0, 0.05) is 35.4 Å². The highest BCUT2D eigenvalue weighted by atomic mass is 19.1. The Labute approximate surface area is 136 Å². The summed E-state index contributed by atoms with van der Waals surface area (Å²) in [6.45, 7) is 3.07. The minimum atomic E-state index is -0.764. The van der Waals surface area contributed by atoms with Crippen LogP contribution in [0.2, 0.25) is 0 Å². The van der Waals surface area contributed by atoms with Crippen LogP contribution in [0, 0.1) is 25.7 Å². The van der Waals surface area contributed by atoms with E-state index in [0.717, 1.165) is 6.07 Å². The third kappa shape index (κ3) is 2.29. The van der Waals surface area contributed by atoms with E-state index in [1.165, 1.54) is 30.8 Å². The fourth-order valence-electron chi connectivity index (χ4n) is 2.79. The van der Waals surface area contributed by atoms with Crippen LogP contribution in [0.4, 0.5) is 8.78 Å². The molecule has 0 unspecified atom stereocenters. The Morgan fingerprint density at radius 1 is 1.25 bits per heavy atom. The van der Waals surface area contributed by atoms with Crippen LogP contribution in [-0.4, -0.2) is 21.2 Å². The summed E-state index contributed by atoms with van der Waals surface area (Å²) in [5.41, 5.74) is 1.30. The molecule has 0 saturated carbocycles. The van der Waals surface area contributed by atoms with E-state index in [1.54, 1.807) is 6.92 Å². The molecule has 0 aliphatic rings. The quantitative estimate of drug-likeness (QED) is 0.742. The summed E-state index contributed by atoms with van der Waals surface area (Å²) in [5, 5.41) is 13.6. The van der Waals surface area contributed by atoms with Gasteiger partial charge in [-0.1, -0.05) is 0 Å². The van der Waals surface area contributed by atoms with Crippen LogP contribution >= 0.6 is 0 Å². The molecule has 124 valence electrons. The summed E-state index contributed by atoms with van der Waals surface area (Å²) in [6.07, 6.45) is 0.577. The second-order valence-electron chi connectivity index (χ2n) is 5.45. The van der Waals surface area contributed by atoms with Crippen molar-refractivity contribution in [2.45, 2.75) is 13.8 Å². The van der Waals surface area contributed by atoms with Crippen LogP contribution in [-0.2, 0) is 7.05 Å². The van der Waals surface area contributed by atoms with E-state index in [1.807, 2.05) is 0 Å². The zero-order valence-corrected chi connectivity index (χ0v) is 13.2. The molecule has 1 N–H and O–H groups in total. The van der Waals surface area contributed by atoms with Crippen molar-refractivity contribution < 1.29 is 23.1 Å². The number of aromatic hydroxyl groups is 1. The molecule has 0 aliphatic carbocycles. The van der Waals surface area contributed by atoms with Gasteiger partial charge in [-0.15, -0.1) is 0 Å². The lowest BCUT2D eigenvalue weighted by molar-refractivity contribution is 0.111.